The van der Waals surface area contributed by atoms with Crippen LogP contribution in [-0.2, 0) is 69.1 Å². The lowest BCUT2D eigenvalue weighted by Crippen LogP contribution is -2.52. The smallest absolute Gasteiger partial charge is 0.409 e. The summed E-state index contributed by atoms with van der Waals surface area (Å²) in [5.74, 6) is -3.35. The Morgan fingerprint density at radius 1 is 0.886 bits per heavy atom. The number of aliphatic carboxylic acids is 1. The Balaban J connectivity index is 0.900. The average Bonchev–Trinajstić information content (AvgIpc) is 3.80. The molecule has 0 saturated carbocycles. The van der Waals surface area contributed by atoms with E-state index in [1.807, 2.05) is 0 Å². The average molecular weight is 1120 g/mol. The van der Waals surface area contributed by atoms with Crippen molar-refractivity contribution in [1.82, 2.24) is 36.0 Å². The highest BCUT2D eigenvalue weighted by atomic mass is 35.5. The van der Waals surface area contributed by atoms with Crippen LogP contribution in [0, 0.1) is 0 Å². The quantitative estimate of drug-likeness (QED) is 0.0311. The minimum absolute atomic E-state index is 0.00393. The number of aldehydes is 1. The summed E-state index contributed by atoms with van der Waals surface area (Å²) in [6, 6.07) is 13.5. The van der Waals surface area contributed by atoms with Crippen LogP contribution in [0.3, 0.4) is 0 Å². The summed E-state index contributed by atoms with van der Waals surface area (Å²) in [6.07, 6.45) is -0.324. The van der Waals surface area contributed by atoms with E-state index in [2.05, 4.69) is 26.6 Å². The molecule has 0 bridgehead atoms. The standard InChI is InChI=1S/C54H67ClN8O16/c1-61(47(68)8-6-22-64)20-5-3-4-7-45(66)56-18-19-57-49(69)40-26-34(10-15-43(40)78-48-29-38(65)28-44(79-48)52(72)73)32-77-54(75)62(2)21-24-76-23-17-35-11-12-37(27-41(35)55)59-53(74)58-30-33-9-13-39-36(25-33)31-63(51(39)71)42-14-16-46(67)60-50(42)70/h9-13,15,22,25-27,38,42,44,48,65H,3-8,14,16-21,23-24,28-32H2,1-2H3,(H,56,66)(H,57,69)(H,72,73)(H2,58,59,74)(H,60,67,70). The van der Waals surface area contributed by atoms with Crippen molar-refractivity contribution in [3.8, 4) is 5.75 Å². The van der Waals surface area contributed by atoms with E-state index in [0.29, 0.717) is 60.4 Å². The van der Waals surface area contributed by atoms with Crippen LogP contribution in [0.15, 0.2) is 54.6 Å². The fourth-order valence-electron chi connectivity index (χ4n) is 8.81. The van der Waals surface area contributed by atoms with Gasteiger partial charge in [-0.05, 0) is 78.3 Å². The van der Waals surface area contributed by atoms with Gasteiger partial charge >= 0.3 is 18.1 Å². The van der Waals surface area contributed by atoms with Crippen LogP contribution in [0.5, 0.6) is 5.75 Å². The van der Waals surface area contributed by atoms with Crippen LogP contribution >= 0.6 is 11.6 Å². The molecule has 2 fully saturated rings. The van der Waals surface area contributed by atoms with Gasteiger partial charge in [0.25, 0.3) is 11.8 Å². The SMILES string of the molecule is CN(CCCCCC(=O)NCCNC(=O)c1cc(COC(=O)N(C)CCOCCc2ccc(NC(=O)NCc3ccc4c(c3)CN(C3CCC(=O)NC3=O)C4=O)cc2Cl)ccc1OC1CC(O)CC(C(=O)O)O1)C(=O)CCC=O. The summed E-state index contributed by atoms with van der Waals surface area (Å²) < 4.78 is 22.7. The Bertz CT molecular complexity index is 2730. The second-order valence-corrected chi connectivity index (χ2v) is 19.7. The number of fused-ring (bicyclic) bond motifs is 1. The zero-order valence-electron chi connectivity index (χ0n) is 44.1. The molecule has 6 rings (SSSR count). The lowest BCUT2D eigenvalue weighted by Gasteiger charge is -2.31. The van der Waals surface area contributed by atoms with Gasteiger partial charge in [0.05, 0.1) is 24.9 Å². The van der Waals surface area contributed by atoms with E-state index in [0.717, 1.165) is 16.7 Å². The Hall–Kier alpha value is -7.67. The molecule has 0 radical (unpaired) electrons. The van der Waals surface area contributed by atoms with Crippen LogP contribution in [0.2, 0.25) is 5.02 Å². The number of benzene rings is 3. The molecule has 0 aliphatic carbocycles. The van der Waals surface area contributed by atoms with Crippen LogP contribution < -0.4 is 31.3 Å². The van der Waals surface area contributed by atoms with Gasteiger partial charge in [0.1, 0.15) is 24.7 Å². The zero-order valence-corrected chi connectivity index (χ0v) is 44.8. The minimum Gasteiger partial charge on any atom is -0.479 e. The number of anilines is 1. The van der Waals surface area contributed by atoms with Crippen molar-refractivity contribution < 1.29 is 77.1 Å². The number of imide groups is 1. The molecular formula is C54H67ClN8O16. The molecule has 25 heteroatoms. The molecule has 0 spiro atoms. The Kier molecular flexibility index (Phi) is 22.9. The number of urea groups is 1. The lowest BCUT2D eigenvalue weighted by atomic mass is 10.0. The number of ether oxygens (including phenoxy) is 4. The first kappa shape index (κ1) is 60.6. The highest BCUT2D eigenvalue weighted by Crippen LogP contribution is 2.30. The van der Waals surface area contributed by atoms with Gasteiger partial charge in [0, 0.05) is 108 Å². The second kappa shape index (κ2) is 29.9. The van der Waals surface area contributed by atoms with Crippen molar-refractivity contribution in [3.05, 3.63) is 93.0 Å². The predicted molar refractivity (Wildman–Crippen MR) is 282 cm³/mol. The lowest BCUT2D eigenvalue weighted by molar-refractivity contribution is -0.195. The van der Waals surface area contributed by atoms with E-state index in [-0.39, 0.29) is 132 Å². The molecule has 4 atom stereocenters. The van der Waals surface area contributed by atoms with Gasteiger partial charge in [0.15, 0.2) is 6.10 Å². The molecule has 9 amide bonds. The summed E-state index contributed by atoms with van der Waals surface area (Å²) in [5.41, 5.74) is 3.54. The Morgan fingerprint density at radius 3 is 2.43 bits per heavy atom. The van der Waals surface area contributed by atoms with Crippen molar-refractivity contribution in [2.24, 2.45) is 0 Å². The maximum atomic E-state index is 13.6. The number of aliphatic hydroxyl groups excluding tert-OH is 1. The maximum absolute atomic E-state index is 13.6. The molecule has 3 aliphatic rings. The number of likely N-dealkylation sites (N-methyl/N-ethyl adjacent to an activating group) is 1. The molecule has 426 valence electrons. The zero-order chi connectivity index (χ0) is 57.0. The fraction of sp³-hybridized carbons (Fsp3) is 0.481. The second-order valence-electron chi connectivity index (χ2n) is 19.2. The normalized spacial score (nSPS) is 17.7. The molecule has 79 heavy (non-hydrogen) atoms. The van der Waals surface area contributed by atoms with Gasteiger partial charge in [-0.1, -0.05) is 42.3 Å². The number of aliphatic hydroxyl groups is 1. The van der Waals surface area contributed by atoms with Crippen molar-refractivity contribution in [3.63, 3.8) is 0 Å². The van der Waals surface area contributed by atoms with Crippen molar-refractivity contribution in [1.29, 1.82) is 0 Å². The summed E-state index contributed by atoms with van der Waals surface area (Å²) >= 11 is 6.55. The molecule has 4 unspecified atom stereocenters. The number of carbonyl (C=O) groups excluding carboxylic acids is 9. The first-order valence-corrected chi connectivity index (χ1v) is 26.4. The maximum Gasteiger partial charge on any atom is 0.409 e. The number of carboxylic acids is 1. The van der Waals surface area contributed by atoms with Crippen molar-refractivity contribution in [2.75, 3.05) is 58.8 Å². The molecule has 3 aliphatic heterocycles. The number of carboxylic acid groups (broad SMARTS) is 1. The number of rotatable bonds is 28. The molecular weight excluding hydrogens is 1050 g/mol. The van der Waals surface area contributed by atoms with Crippen LogP contribution in [-0.4, -0.2) is 163 Å². The van der Waals surface area contributed by atoms with Gasteiger partial charge in [0.2, 0.25) is 29.9 Å². The number of unbranched alkanes of at least 4 members (excludes halogenated alkanes) is 2. The van der Waals surface area contributed by atoms with Crippen molar-refractivity contribution in [2.45, 2.75) is 115 Å². The van der Waals surface area contributed by atoms with E-state index in [1.165, 1.54) is 29.0 Å². The first-order chi connectivity index (χ1) is 37.9. The van der Waals surface area contributed by atoms with Crippen molar-refractivity contribution >= 4 is 77.1 Å². The van der Waals surface area contributed by atoms with E-state index >= 15 is 0 Å². The van der Waals surface area contributed by atoms with Gasteiger partial charge in [-0.3, -0.25) is 34.1 Å². The number of hydrogen-bond donors (Lipinski definition) is 7. The van der Waals surface area contributed by atoms with E-state index in [1.54, 1.807) is 54.4 Å². The van der Waals surface area contributed by atoms with E-state index in [4.69, 9.17) is 30.5 Å². The summed E-state index contributed by atoms with van der Waals surface area (Å²) in [4.78, 5) is 127. The highest BCUT2D eigenvalue weighted by molar-refractivity contribution is 6.31. The molecule has 3 aromatic carbocycles. The summed E-state index contributed by atoms with van der Waals surface area (Å²) in [7, 11) is 3.20. The molecule has 0 aromatic heterocycles. The summed E-state index contributed by atoms with van der Waals surface area (Å²) in [5, 5.41) is 33.5. The Morgan fingerprint density at radius 2 is 1.67 bits per heavy atom. The van der Waals surface area contributed by atoms with E-state index < -0.39 is 54.4 Å². The third-order valence-electron chi connectivity index (χ3n) is 13.2. The van der Waals surface area contributed by atoms with E-state index in [9.17, 15) is 58.2 Å². The minimum atomic E-state index is -1.33. The molecule has 3 aromatic rings. The molecule has 24 nitrogen and oxygen atoms in total. The summed E-state index contributed by atoms with van der Waals surface area (Å²) in [6.45, 7) is 1.36. The predicted octanol–water partition coefficient (Wildman–Crippen LogP) is 3.42. The number of hydrogen-bond acceptors (Lipinski definition) is 15. The largest absolute Gasteiger partial charge is 0.479 e. The Labute approximate surface area is 461 Å². The number of halogens is 1. The topological polar surface area (TPSA) is 318 Å². The molecule has 3 heterocycles. The number of piperidine rings is 1. The first-order valence-electron chi connectivity index (χ1n) is 26.0. The third-order valence-corrected chi connectivity index (χ3v) is 13.6. The third kappa shape index (κ3) is 18.5. The number of nitrogens with zero attached hydrogens (tertiary/aromatic N) is 3. The highest BCUT2D eigenvalue weighted by Gasteiger charge is 2.39. The van der Waals surface area contributed by atoms with Gasteiger partial charge in [-0.15, -0.1) is 0 Å². The van der Waals surface area contributed by atoms with Crippen LogP contribution in [0.25, 0.3) is 0 Å². The molecule has 7 N–H and O–H groups in total. The number of carbonyl (C=O) groups is 10. The monoisotopic (exact) mass is 1120 g/mol. The number of amides is 9. The van der Waals surface area contributed by atoms with Gasteiger partial charge in [-0.25, -0.2) is 14.4 Å². The fourth-order valence-corrected chi connectivity index (χ4v) is 9.08. The van der Waals surface area contributed by atoms with Crippen LogP contribution in [0.4, 0.5) is 15.3 Å². The van der Waals surface area contributed by atoms with Crippen LogP contribution in [0.1, 0.15) is 107 Å². The molecule has 2 saturated heterocycles. The van der Waals surface area contributed by atoms with Gasteiger partial charge < -0.3 is 69.9 Å². The van der Waals surface area contributed by atoms with Gasteiger partial charge in [-0.2, -0.15) is 0 Å². The number of nitrogens with one attached hydrogen (secondary N) is 5.